The van der Waals surface area contributed by atoms with Gasteiger partial charge in [0.2, 0.25) is 0 Å². The second-order valence-electron chi connectivity index (χ2n) is 5.90. The quantitative estimate of drug-likeness (QED) is 0.644. The molecular formula is C19H21N3O4S. The summed E-state index contributed by atoms with van der Waals surface area (Å²) in [5.74, 6) is 1.97. The third-order valence-electron chi connectivity index (χ3n) is 4.27. The van der Waals surface area contributed by atoms with E-state index in [1.54, 1.807) is 31.6 Å². The van der Waals surface area contributed by atoms with Gasteiger partial charge < -0.3 is 19.5 Å². The summed E-state index contributed by atoms with van der Waals surface area (Å²) in [5, 5.41) is 4.26. The molecule has 0 aliphatic carbocycles. The number of hydrogen-bond acceptors (Lipinski definition) is 8. The van der Waals surface area contributed by atoms with E-state index in [0.29, 0.717) is 23.1 Å². The van der Waals surface area contributed by atoms with Crippen molar-refractivity contribution in [2.75, 3.05) is 26.6 Å². The minimum Gasteiger partial charge on any atom is -0.497 e. The van der Waals surface area contributed by atoms with Crippen LogP contribution in [0.2, 0.25) is 0 Å². The molecule has 0 fully saturated rings. The molecule has 142 valence electrons. The van der Waals surface area contributed by atoms with Crippen LogP contribution in [0.25, 0.3) is 10.2 Å². The molecule has 0 bridgehead atoms. The van der Waals surface area contributed by atoms with Crippen LogP contribution in [0.15, 0.2) is 18.2 Å². The molecule has 0 saturated carbocycles. The van der Waals surface area contributed by atoms with Crippen molar-refractivity contribution in [3.05, 3.63) is 34.5 Å². The Morgan fingerprint density at radius 1 is 1.15 bits per heavy atom. The van der Waals surface area contributed by atoms with Crippen LogP contribution in [-0.4, -0.2) is 37.3 Å². The number of aryl methyl sites for hydroxylation is 2. The van der Waals surface area contributed by atoms with Gasteiger partial charge in [-0.25, -0.2) is 9.97 Å². The van der Waals surface area contributed by atoms with Gasteiger partial charge in [0.25, 0.3) is 0 Å². The van der Waals surface area contributed by atoms with Crippen molar-refractivity contribution in [1.29, 1.82) is 0 Å². The Kier molecular flexibility index (Phi) is 5.46. The summed E-state index contributed by atoms with van der Waals surface area (Å²) in [4.78, 5) is 22.8. The maximum atomic E-state index is 11.7. The summed E-state index contributed by atoms with van der Waals surface area (Å²) in [5.41, 5.74) is 1.85. The van der Waals surface area contributed by atoms with Crippen molar-refractivity contribution >= 4 is 39.0 Å². The minimum atomic E-state index is -0.382. The van der Waals surface area contributed by atoms with E-state index in [1.807, 2.05) is 26.0 Å². The van der Waals surface area contributed by atoms with Crippen LogP contribution in [0.4, 0.5) is 11.5 Å². The lowest BCUT2D eigenvalue weighted by molar-refractivity contribution is -0.139. The summed E-state index contributed by atoms with van der Waals surface area (Å²) in [6, 6.07) is 5.49. The highest BCUT2D eigenvalue weighted by Gasteiger charge is 2.18. The third kappa shape index (κ3) is 3.80. The molecule has 1 aromatic carbocycles. The van der Waals surface area contributed by atoms with Crippen molar-refractivity contribution in [3.63, 3.8) is 0 Å². The van der Waals surface area contributed by atoms with Crippen LogP contribution in [-0.2, 0) is 16.0 Å². The molecule has 0 saturated heterocycles. The highest BCUT2D eigenvalue weighted by molar-refractivity contribution is 7.18. The van der Waals surface area contributed by atoms with Crippen LogP contribution in [0.5, 0.6) is 11.5 Å². The van der Waals surface area contributed by atoms with E-state index in [-0.39, 0.29) is 12.4 Å². The Bertz CT molecular complexity index is 1000. The zero-order valence-corrected chi connectivity index (χ0v) is 16.7. The molecule has 0 spiro atoms. The number of rotatable bonds is 6. The van der Waals surface area contributed by atoms with Crippen LogP contribution >= 0.6 is 11.3 Å². The summed E-state index contributed by atoms with van der Waals surface area (Å²) >= 11 is 1.57. The number of esters is 1. The van der Waals surface area contributed by atoms with Gasteiger partial charge in [-0.1, -0.05) is 0 Å². The van der Waals surface area contributed by atoms with Gasteiger partial charge in [-0.15, -0.1) is 11.3 Å². The van der Waals surface area contributed by atoms with Gasteiger partial charge in [0.1, 0.15) is 34.4 Å². The Morgan fingerprint density at radius 2 is 1.93 bits per heavy atom. The predicted octanol–water partition coefficient (Wildman–Crippen LogP) is 3.78. The Labute approximate surface area is 161 Å². The van der Waals surface area contributed by atoms with Gasteiger partial charge in [-0.2, -0.15) is 0 Å². The number of nitrogens with one attached hydrogen (secondary N) is 1. The van der Waals surface area contributed by atoms with Crippen LogP contribution in [0, 0.1) is 13.8 Å². The molecule has 8 heteroatoms. The van der Waals surface area contributed by atoms with Crippen LogP contribution in [0.1, 0.15) is 16.3 Å². The SMILES string of the molecule is COC(=O)Cc1nc(Nc2ccc(OC)cc2OC)c2c(C)c(C)sc2n1. The lowest BCUT2D eigenvalue weighted by Crippen LogP contribution is -2.09. The number of carbonyl (C=O) groups is 1. The molecule has 3 aromatic rings. The van der Waals surface area contributed by atoms with E-state index in [2.05, 4.69) is 15.3 Å². The summed E-state index contributed by atoms with van der Waals surface area (Å²) in [6.07, 6.45) is 0.0108. The molecule has 2 heterocycles. The number of benzene rings is 1. The normalized spacial score (nSPS) is 10.7. The van der Waals surface area contributed by atoms with Gasteiger partial charge in [0, 0.05) is 10.9 Å². The second kappa shape index (κ2) is 7.79. The molecule has 2 aromatic heterocycles. The maximum Gasteiger partial charge on any atom is 0.313 e. The average molecular weight is 387 g/mol. The monoisotopic (exact) mass is 387 g/mol. The topological polar surface area (TPSA) is 82.6 Å². The second-order valence-corrected chi connectivity index (χ2v) is 7.10. The molecule has 0 atom stereocenters. The average Bonchev–Trinajstić information content (AvgIpc) is 2.95. The van der Waals surface area contributed by atoms with Gasteiger partial charge in [-0.3, -0.25) is 4.79 Å². The van der Waals surface area contributed by atoms with Gasteiger partial charge >= 0.3 is 5.97 Å². The van der Waals surface area contributed by atoms with E-state index >= 15 is 0 Å². The largest absolute Gasteiger partial charge is 0.497 e. The highest BCUT2D eigenvalue weighted by Crippen LogP contribution is 2.37. The molecular weight excluding hydrogens is 366 g/mol. The van der Waals surface area contributed by atoms with Gasteiger partial charge in [-0.05, 0) is 31.5 Å². The number of anilines is 2. The van der Waals surface area contributed by atoms with Gasteiger partial charge in [0.05, 0.1) is 32.4 Å². The fraction of sp³-hybridized carbons (Fsp3) is 0.316. The molecule has 1 N–H and O–H groups in total. The number of methoxy groups -OCH3 is 3. The third-order valence-corrected chi connectivity index (χ3v) is 5.37. The Morgan fingerprint density at radius 3 is 2.59 bits per heavy atom. The first-order chi connectivity index (χ1) is 13.0. The first-order valence-electron chi connectivity index (χ1n) is 8.29. The van der Waals surface area contributed by atoms with Crippen LogP contribution in [0.3, 0.4) is 0 Å². The number of carbonyl (C=O) groups excluding carboxylic acids is 1. The lowest BCUT2D eigenvalue weighted by Gasteiger charge is -2.13. The number of nitrogens with zero attached hydrogens (tertiary/aromatic N) is 2. The minimum absolute atomic E-state index is 0.0108. The molecule has 0 amide bonds. The molecule has 0 aliphatic heterocycles. The molecule has 0 radical (unpaired) electrons. The van der Waals surface area contributed by atoms with E-state index in [4.69, 9.17) is 14.2 Å². The number of aromatic nitrogens is 2. The molecule has 3 rings (SSSR count). The van der Waals surface area contributed by atoms with Crippen molar-refractivity contribution < 1.29 is 19.0 Å². The zero-order chi connectivity index (χ0) is 19.6. The first-order valence-corrected chi connectivity index (χ1v) is 9.11. The van der Waals surface area contributed by atoms with Gasteiger partial charge in [0.15, 0.2) is 0 Å². The summed E-state index contributed by atoms with van der Waals surface area (Å²) in [7, 11) is 4.55. The number of ether oxygens (including phenoxy) is 3. The van der Waals surface area contributed by atoms with Crippen molar-refractivity contribution in [3.8, 4) is 11.5 Å². The van der Waals surface area contributed by atoms with E-state index in [1.165, 1.54) is 7.11 Å². The lowest BCUT2D eigenvalue weighted by atomic mass is 10.2. The summed E-state index contributed by atoms with van der Waals surface area (Å²) < 4.78 is 15.5. The summed E-state index contributed by atoms with van der Waals surface area (Å²) in [6.45, 7) is 4.08. The Balaban J connectivity index is 2.10. The fourth-order valence-electron chi connectivity index (χ4n) is 2.69. The Hall–Kier alpha value is -2.87. The first kappa shape index (κ1) is 18.9. The predicted molar refractivity (Wildman–Crippen MR) is 105 cm³/mol. The van der Waals surface area contributed by atoms with Crippen LogP contribution < -0.4 is 14.8 Å². The zero-order valence-electron chi connectivity index (χ0n) is 15.9. The fourth-order valence-corrected chi connectivity index (χ4v) is 3.74. The van der Waals surface area contributed by atoms with E-state index < -0.39 is 0 Å². The molecule has 0 aliphatic rings. The number of hydrogen-bond donors (Lipinski definition) is 1. The van der Waals surface area contributed by atoms with Crippen molar-refractivity contribution in [2.24, 2.45) is 0 Å². The molecule has 27 heavy (non-hydrogen) atoms. The molecule has 7 nitrogen and oxygen atoms in total. The van der Waals surface area contributed by atoms with Crippen molar-refractivity contribution in [2.45, 2.75) is 20.3 Å². The van der Waals surface area contributed by atoms with E-state index in [9.17, 15) is 4.79 Å². The van der Waals surface area contributed by atoms with E-state index in [0.717, 1.165) is 26.3 Å². The standard InChI is InChI=1S/C19H21N3O4S/c1-10-11(2)27-19-17(10)18(21-15(22-19)9-16(23)26-5)20-13-7-6-12(24-3)8-14(13)25-4/h6-8H,9H2,1-5H3,(H,20,21,22). The smallest absolute Gasteiger partial charge is 0.313 e. The maximum absolute atomic E-state index is 11.7. The highest BCUT2D eigenvalue weighted by atomic mass is 32.1. The number of thiophene rings is 1. The van der Waals surface area contributed by atoms with Crippen molar-refractivity contribution in [1.82, 2.24) is 9.97 Å². The number of fused-ring (bicyclic) bond motifs is 1. The molecule has 0 unspecified atom stereocenters.